The van der Waals surface area contributed by atoms with Gasteiger partial charge in [-0.2, -0.15) is 0 Å². The van der Waals surface area contributed by atoms with Crippen LogP contribution in [0.2, 0.25) is 0 Å². The van der Waals surface area contributed by atoms with E-state index in [2.05, 4.69) is 52.6 Å². The highest BCUT2D eigenvalue weighted by molar-refractivity contribution is 7.03. The molecule has 0 N–H and O–H groups in total. The minimum Gasteiger partial charge on any atom is -0.403 e. The summed E-state index contributed by atoms with van der Waals surface area (Å²) in [5.41, 5.74) is 12.9. The summed E-state index contributed by atoms with van der Waals surface area (Å²) in [6.45, 7) is 30.8. The molecule has 4 nitrogen and oxygen atoms in total. The second kappa shape index (κ2) is 7.67. The van der Waals surface area contributed by atoms with E-state index in [-0.39, 0.29) is 0 Å². The maximum absolute atomic E-state index is 6.34. The van der Waals surface area contributed by atoms with Crippen molar-refractivity contribution in [2.24, 2.45) is 0 Å². The van der Waals surface area contributed by atoms with Crippen LogP contribution in [-0.4, -0.2) is 34.2 Å². The van der Waals surface area contributed by atoms with Gasteiger partial charge in [0, 0.05) is 0 Å². The summed E-state index contributed by atoms with van der Waals surface area (Å²) >= 11 is 0. The van der Waals surface area contributed by atoms with Crippen LogP contribution in [0.5, 0.6) is 0 Å². The Morgan fingerprint density at radius 2 is 0.458 bits per heavy atom. The molecule has 128 valence electrons. The molecule has 0 bridgehead atoms. The SMILES string of the molecule is C=C[Si]1(C=C)O[Si](C=C)(C=C)O[Si](C=C)(C=C)O[Si](C=C)(C=C)O1. The Hall–Kier alpha value is -1.37. The van der Waals surface area contributed by atoms with Crippen LogP contribution in [0.3, 0.4) is 0 Å². The smallest absolute Gasteiger partial charge is 0.374 e. The molecule has 0 amide bonds. The van der Waals surface area contributed by atoms with Gasteiger partial charge in [-0.1, -0.05) is 0 Å². The van der Waals surface area contributed by atoms with Crippen molar-refractivity contribution < 1.29 is 16.5 Å². The molecule has 0 aliphatic carbocycles. The first-order valence-corrected chi connectivity index (χ1v) is 15.1. The van der Waals surface area contributed by atoms with E-state index in [1.54, 1.807) is 45.6 Å². The van der Waals surface area contributed by atoms with Crippen LogP contribution in [0.25, 0.3) is 0 Å². The number of hydrogen-bond acceptors (Lipinski definition) is 4. The summed E-state index contributed by atoms with van der Waals surface area (Å²) < 4.78 is 25.4. The summed E-state index contributed by atoms with van der Waals surface area (Å²) in [5.74, 6) is 0. The normalized spacial score (nSPS) is 23.3. The predicted octanol–water partition coefficient (Wildman–Crippen LogP) is 3.64. The molecule has 1 aliphatic heterocycles. The third-order valence-corrected chi connectivity index (χ3v) is 18.3. The molecule has 1 saturated heterocycles. The zero-order valence-corrected chi connectivity index (χ0v) is 17.9. The van der Waals surface area contributed by atoms with Crippen molar-refractivity contribution in [2.75, 3.05) is 0 Å². The third-order valence-electron chi connectivity index (χ3n) is 3.55. The van der Waals surface area contributed by atoms with Gasteiger partial charge in [0.1, 0.15) is 0 Å². The fraction of sp³-hybridized carbons (Fsp3) is 0. The fourth-order valence-electron chi connectivity index (χ4n) is 2.08. The lowest BCUT2D eigenvalue weighted by atomic mass is 11.2. The standard InChI is InChI=1S/C16H24O4Si4/c1-9-21(10-2)17-22(11-3,12-4)19-24(15-7,16-8)20-23(13-5,14-6)18-21/h9-16H,1-8H2. The van der Waals surface area contributed by atoms with E-state index >= 15 is 0 Å². The predicted molar refractivity (Wildman–Crippen MR) is 109 cm³/mol. The largest absolute Gasteiger partial charge is 0.403 e. The molecular weight excluding hydrogens is 369 g/mol. The molecule has 0 spiro atoms. The minimum atomic E-state index is -3.09. The molecule has 1 rings (SSSR count). The van der Waals surface area contributed by atoms with Crippen LogP contribution in [0.1, 0.15) is 0 Å². The maximum Gasteiger partial charge on any atom is 0.374 e. The van der Waals surface area contributed by atoms with Crippen molar-refractivity contribution in [3.8, 4) is 0 Å². The lowest BCUT2D eigenvalue weighted by Crippen LogP contribution is -2.67. The zero-order valence-electron chi connectivity index (χ0n) is 13.9. The molecule has 0 unspecified atom stereocenters. The van der Waals surface area contributed by atoms with Gasteiger partial charge < -0.3 is 16.5 Å². The molecule has 1 heterocycles. The van der Waals surface area contributed by atoms with Crippen LogP contribution >= 0.6 is 0 Å². The lowest BCUT2D eigenvalue weighted by molar-refractivity contribution is 0.263. The maximum atomic E-state index is 6.34. The number of rotatable bonds is 8. The molecule has 1 aliphatic rings. The monoisotopic (exact) mass is 392 g/mol. The Balaban J connectivity index is 3.68. The minimum absolute atomic E-state index is 1.62. The molecule has 1 fully saturated rings. The summed E-state index contributed by atoms with van der Waals surface area (Å²) in [4.78, 5) is 0. The molecular formula is C16H24O4Si4. The summed E-state index contributed by atoms with van der Waals surface area (Å²) in [5, 5.41) is 0. The Morgan fingerprint density at radius 3 is 0.542 bits per heavy atom. The third kappa shape index (κ3) is 3.66. The van der Waals surface area contributed by atoms with Gasteiger partial charge in [0.25, 0.3) is 0 Å². The van der Waals surface area contributed by atoms with E-state index in [1.807, 2.05) is 0 Å². The van der Waals surface area contributed by atoms with Crippen LogP contribution in [0.4, 0.5) is 0 Å². The van der Waals surface area contributed by atoms with E-state index < -0.39 is 34.2 Å². The second-order valence-electron chi connectivity index (χ2n) is 4.93. The highest BCUT2D eigenvalue weighted by Gasteiger charge is 2.57. The van der Waals surface area contributed by atoms with Crippen LogP contribution in [-0.2, 0) is 16.5 Å². The van der Waals surface area contributed by atoms with E-state index in [4.69, 9.17) is 16.5 Å². The Morgan fingerprint density at radius 1 is 0.333 bits per heavy atom. The Labute approximate surface area is 149 Å². The molecule has 0 atom stereocenters. The highest BCUT2D eigenvalue weighted by atomic mass is 28.5. The molecule has 24 heavy (non-hydrogen) atoms. The van der Waals surface area contributed by atoms with Gasteiger partial charge in [-0.3, -0.25) is 0 Å². The van der Waals surface area contributed by atoms with Gasteiger partial charge in [0.2, 0.25) is 0 Å². The van der Waals surface area contributed by atoms with E-state index in [9.17, 15) is 0 Å². The van der Waals surface area contributed by atoms with Crippen molar-refractivity contribution in [3.63, 3.8) is 0 Å². The van der Waals surface area contributed by atoms with Crippen LogP contribution in [0, 0.1) is 0 Å². The Bertz CT molecular complexity index is 447. The average molecular weight is 393 g/mol. The van der Waals surface area contributed by atoms with Crippen LogP contribution in [0.15, 0.2) is 98.2 Å². The topological polar surface area (TPSA) is 36.9 Å². The van der Waals surface area contributed by atoms with Crippen LogP contribution < -0.4 is 0 Å². The van der Waals surface area contributed by atoms with Gasteiger partial charge in [0.05, 0.1) is 0 Å². The lowest BCUT2D eigenvalue weighted by Gasteiger charge is -2.47. The molecule has 8 heteroatoms. The van der Waals surface area contributed by atoms with Gasteiger partial charge in [0.15, 0.2) is 0 Å². The van der Waals surface area contributed by atoms with Crippen molar-refractivity contribution in [1.29, 1.82) is 0 Å². The van der Waals surface area contributed by atoms with Gasteiger partial charge >= 0.3 is 34.2 Å². The van der Waals surface area contributed by atoms with Crippen molar-refractivity contribution >= 4 is 34.2 Å². The highest BCUT2D eigenvalue weighted by Crippen LogP contribution is 2.34. The molecule has 0 aromatic carbocycles. The number of hydrogen-bond donors (Lipinski definition) is 0. The Kier molecular flexibility index (Phi) is 6.61. The molecule has 0 aromatic rings. The van der Waals surface area contributed by atoms with E-state index in [0.29, 0.717) is 0 Å². The van der Waals surface area contributed by atoms with E-state index in [1.165, 1.54) is 0 Å². The quantitative estimate of drug-likeness (QED) is 0.591. The fourth-order valence-corrected chi connectivity index (χ4v) is 18.2. The van der Waals surface area contributed by atoms with Crippen molar-refractivity contribution in [1.82, 2.24) is 0 Å². The van der Waals surface area contributed by atoms with Gasteiger partial charge in [-0.25, -0.2) is 0 Å². The van der Waals surface area contributed by atoms with Crippen molar-refractivity contribution in [2.45, 2.75) is 0 Å². The molecule has 0 radical (unpaired) electrons. The van der Waals surface area contributed by atoms with Crippen molar-refractivity contribution in [3.05, 3.63) is 98.2 Å². The molecule has 0 saturated carbocycles. The summed E-state index contributed by atoms with van der Waals surface area (Å²) in [7, 11) is -12.3. The van der Waals surface area contributed by atoms with Gasteiger partial charge in [-0.05, 0) is 45.6 Å². The average Bonchev–Trinajstić information content (AvgIpc) is 2.63. The van der Waals surface area contributed by atoms with Gasteiger partial charge in [-0.15, -0.1) is 52.6 Å². The molecule has 0 aromatic heterocycles. The first-order valence-electron chi connectivity index (χ1n) is 7.21. The van der Waals surface area contributed by atoms with E-state index in [0.717, 1.165) is 0 Å². The summed E-state index contributed by atoms with van der Waals surface area (Å²) in [6, 6.07) is 0. The first kappa shape index (κ1) is 20.7. The summed E-state index contributed by atoms with van der Waals surface area (Å²) in [6.07, 6.45) is 0. The zero-order chi connectivity index (χ0) is 18.5. The first-order chi connectivity index (χ1) is 11.3. The second-order valence-corrected chi connectivity index (χ2v) is 17.2.